The lowest BCUT2D eigenvalue weighted by Gasteiger charge is -2.39. The Morgan fingerprint density at radius 1 is 1.25 bits per heavy atom. The van der Waals surface area contributed by atoms with Gasteiger partial charge in [-0.1, -0.05) is 32.4 Å². The van der Waals surface area contributed by atoms with Gasteiger partial charge in [0.05, 0.1) is 11.3 Å². The van der Waals surface area contributed by atoms with Gasteiger partial charge in [0.2, 0.25) is 5.91 Å². The Hall–Kier alpha value is -1.59. The summed E-state index contributed by atoms with van der Waals surface area (Å²) < 4.78 is 0. The molecule has 0 spiro atoms. The van der Waals surface area contributed by atoms with E-state index in [1.165, 1.54) is 12.8 Å². The normalized spacial score (nSPS) is 20.0. The van der Waals surface area contributed by atoms with Crippen LogP contribution in [0.3, 0.4) is 0 Å². The Kier molecular flexibility index (Phi) is 7.00. The van der Waals surface area contributed by atoms with Crippen LogP contribution < -0.4 is 10.2 Å². The quantitative estimate of drug-likeness (QED) is 0.779. The molecule has 1 aromatic rings. The van der Waals surface area contributed by atoms with Crippen LogP contribution in [0.4, 0.5) is 5.69 Å². The van der Waals surface area contributed by atoms with Crippen molar-refractivity contribution in [3.05, 3.63) is 28.8 Å². The Balaban J connectivity index is 1.71. The molecule has 5 nitrogen and oxygen atoms in total. The van der Waals surface area contributed by atoms with Crippen LogP contribution >= 0.6 is 11.6 Å². The van der Waals surface area contributed by atoms with Crippen LogP contribution in [0, 0.1) is 11.8 Å². The number of piperidine rings is 1. The predicted octanol–water partition coefficient (Wildman–Crippen LogP) is 3.95. The summed E-state index contributed by atoms with van der Waals surface area (Å²) in [7, 11) is 0. The van der Waals surface area contributed by atoms with Gasteiger partial charge >= 0.3 is 0 Å². The number of rotatable bonds is 6. The van der Waals surface area contributed by atoms with Gasteiger partial charge < -0.3 is 10.2 Å². The molecule has 3 rings (SSSR count). The van der Waals surface area contributed by atoms with Crippen molar-refractivity contribution in [3.63, 3.8) is 0 Å². The number of carbonyl (C=O) groups is 2. The molecule has 6 heteroatoms. The third-order valence-electron chi connectivity index (χ3n) is 6.10. The van der Waals surface area contributed by atoms with Crippen molar-refractivity contribution in [1.29, 1.82) is 0 Å². The topological polar surface area (TPSA) is 52.7 Å². The maximum Gasteiger partial charge on any atom is 0.253 e. The van der Waals surface area contributed by atoms with Gasteiger partial charge in [0.15, 0.2) is 0 Å². The van der Waals surface area contributed by atoms with Crippen molar-refractivity contribution in [3.8, 4) is 0 Å². The van der Waals surface area contributed by atoms with Gasteiger partial charge in [-0.2, -0.15) is 0 Å². The molecule has 1 atom stereocenters. The first-order valence-electron chi connectivity index (χ1n) is 10.5. The number of hydrogen-bond donors (Lipinski definition) is 1. The Morgan fingerprint density at radius 2 is 1.96 bits per heavy atom. The molecule has 2 fully saturated rings. The molecule has 154 valence electrons. The zero-order chi connectivity index (χ0) is 20.3. The second-order valence-corrected chi connectivity index (χ2v) is 8.99. The second-order valence-electron chi connectivity index (χ2n) is 8.55. The molecule has 2 amide bonds. The summed E-state index contributed by atoms with van der Waals surface area (Å²) >= 11 is 6.15. The van der Waals surface area contributed by atoms with Gasteiger partial charge in [0, 0.05) is 30.6 Å². The summed E-state index contributed by atoms with van der Waals surface area (Å²) in [6, 6.07) is 5.49. The van der Waals surface area contributed by atoms with Crippen LogP contribution in [-0.4, -0.2) is 48.9 Å². The minimum Gasteiger partial charge on any atom is -0.350 e. The molecule has 2 aliphatic heterocycles. The number of carbonyl (C=O) groups excluding carboxylic acids is 2. The number of hydrogen-bond acceptors (Lipinski definition) is 3. The van der Waals surface area contributed by atoms with Crippen LogP contribution in [-0.2, 0) is 4.79 Å². The number of anilines is 1. The first-order valence-corrected chi connectivity index (χ1v) is 10.9. The van der Waals surface area contributed by atoms with E-state index in [-0.39, 0.29) is 11.8 Å². The monoisotopic (exact) mass is 405 g/mol. The smallest absolute Gasteiger partial charge is 0.253 e. The van der Waals surface area contributed by atoms with Crippen LogP contribution in [0.2, 0.25) is 5.02 Å². The van der Waals surface area contributed by atoms with Crippen molar-refractivity contribution < 1.29 is 9.59 Å². The molecule has 1 aromatic carbocycles. The van der Waals surface area contributed by atoms with E-state index in [4.69, 9.17) is 11.6 Å². The Labute approximate surface area is 173 Å². The fourth-order valence-electron chi connectivity index (χ4n) is 4.26. The highest BCUT2D eigenvalue weighted by atomic mass is 35.5. The Bertz CT molecular complexity index is 714. The van der Waals surface area contributed by atoms with Gasteiger partial charge in [0.25, 0.3) is 5.91 Å². The molecule has 28 heavy (non-hydrogen) atoms. The molecule has 2 aliphatic rings. The standard InChI is InChI=1S/C22H32ClN3O2/c1-15(2)20(25-11-8-16(3)9-12-25)14-24-22(28)18-7-6-17(23)13-19(18)26-10-4-5-21(26)27/h6-7,13,15-16,20H,4-5,8-12,14H2,1-3H3,(H,24,28). The summed E-state index contributed by atoms with van der Waals surface area (Å²) in [6.45, 7) is 10.2. The summed E-state index contributed by atoms with van der Waals surface area (Å²) in [5, 5.41) is 3.66. The number of nitrogens with zero attached hydrogens (tertiary/aromatic N) is 2. The molecule has 1 N–H and O–H groups in total. The molecule has 2 saturated heterocycles. The Morgan fingerprint density at radius 3 is 2.57 bits per heavy atom. The fraction of sp³-hybridized carbons (Fsp3) is 0.636. The van der Waals surface area contributed by atoms with E-state index >= 15 is 0 Å². The van der Waals surface area contributed by atoms with Crippen molar-refractivity contribution >= 4 is 29.1 Å². The molecule has 0 aliphatic carbocycles. The number of nitrogens with one attached hydrogen (secondary N) is 1. The summed E-state index contributed by atoms with van der Waals surface area (Å²) in [4.78, 5) is 29.4. The SMILES string of the molecule is CC1CCN(C(CNC(=O)c2ccc(Cl)cc2N2CCCC2=O)C(C)C)CC1. The average Bonchev–Trinajstić information content (AvgIpc) is 3.08. The van der Waals surface area contributed by atoms with Crippen molar-refractivity contribution in [2.24, 2.45) is 11.8 Å². The van der Waals surface area contributed by atoms with Crippen LogP contribution in [0.5, 0.6) is 0 Å². The second kappa shape index (κ2) is 9.27. The van der Waals surface area contributed by atoms with Crippen LogP contribution in [0.1, 0.15) is 56.8 Å². The maximum atomic E-state index is 13.0. The predicted molar refractivity (Wildman–Crippen MR) is 114 cm³/mol. The zero-order valence-electron chi connectivity index (χ0n) is 17.2. The minimum atomic E-state index is -0.137. The van der Waals surface area contributed by atoms with E-state index in [1.54, 1.807) is 23.1 Å². The lowest BCUT2D eigenvalue weighted by molar-refractivity contribution is -0.117. The van der Waals surface area contributed by atoms with Crippen molar-refractivity contribution in [2.75, 3.05) is 31.1 Å². The maximum absolute atomic E-state index is 13.0. The third kappa shape index (κ3) is 4.87. The first kappa shape index (κ1) is 21.1. The number of halogens is 1. The van der Waals surface area contributed by atoms with E-state index in [1.807, 2.05) is 0 Å². The van der Waals surface area contributed by atoms with Gasteiger partial charge in [0.1, 0.15) is 0 Å². The molecule has 2 heterocycles. The van der Waals surface area contributed by atoms with Gasteiger partial charge in [-0.3, -0.25) is 14.5 Å². The average molecular weight is 406 g/mol. The van der Waals surface area contributed by atoms with Crippen LogP contribution in [0.25, 0.3) is 0 Å². The van der Waals surface area contributed by atoms with Gasteiger partial charge in [-0.05, 0) is 62.4 Å². The lowest BCUT2D eigenvalue weighted by atomic mass is 9.94. The third-order valence-corrected chi connectivity index (χ3v) is 6.33. The highest BCUT2D eigenvalue weighted by Gasteiger charge is 2.28. The summed E-state index contributed by atoms with van der Waals surface area (Å²) in [5.74, 6) is 1.16. The first-order chi connectivity index (χ1) is 13.4. The zero-order valence-corrected chi connectivity index (χ0v) is 18.0. The van der Waals surface area contributed by atoms with E-state index < -0.39 is 0 Å². The highest BCUT2D eigenvalue weighted by Crippen LogP contribution is 2.29. The van der Waals surface area contributed by atoms with Crippen molar-refractivity contribution in [1.82, 2.24) is 10.2 Å². The number of likely N-dealkylation sites (tertiary alicyclic amines) is 1. The highest BCUT2D eigenvalue weighted by molar-refractivity contribution is 6.31. The summed E-state index contributed by atoms with van der Waals surface area (Å²) in [5.41, 5.74) is 1.15. The van der Waals surface area contributed by atoms with Gasteiger partial charge in [-0.15, -0.1) is 0 Å². The number of benzene rings is 1. The molecule has 1 unspecified atom stereocenters. The summed E-state index contributed by atoms with van der Waals surface area (Å²) in [6.07, 6.45) is 3.77. The van der Waals surface area contributed by atoms with Gasteiger partial charge in [-0.25, -0.2) is 0 Å². The largest absolute Gasteiger partial charge is 0.350 e. The molecule has 0 bridgehead atoms. The fourth-order valence-corrected chi connectivity index (χ4v) is 4.43. The van der Waals surface area contributed by atoms with E-state index in [0.29, 0.717) is 47.7 Å². The molecular weight excluding hydrogens is 374 g/mol. The van der Waals surface area contributed by atoms with E-state index in [9.17, 15) is 9.59 Å². The molecule has 0 radical (unpaired) electrons. The van der Waals surface area contributed by atoms with E-state index in [0.717, 1.165) is 25.4 Å². The van der Waals surface area contributed by atoms with Crippen molar-refractivity contribution in [2.45, 2.75) is 52.5 Å². The molecule has 0 aromatic heterocycles. The lowest BCUT2D eigenvalue weighted by Crippen LogP contribution is -2.49. The minimum absolute atomic E-state index is 0.0545. The molecule has 0 saturated carbocycles. The van der Waals surface area contributed by atoms with Crippen LogP contribution in [0.15, 0.2) is 18.2 Å². The molecular formula is C22H32ClN3O2. The number of amides is 2. The van der Waals surface area contributed by atoms with E-state index in [2.05, 4.69) is 31.0 Å².